The number of halogens is 2. The molecule has 0 radical (unpaired) electrons. The quantitative estimate of drug-likeness (QED) is 0.919. The molecule has 1 fully saturated rings. The molecule has 0 amide bonds. The topological polar surface area (TPSA) is 33.7 Å². The van der Waals surface area contributed by atoms with Gasteiger partial charge < -0.3 is 14.8 Å². The summed E-state index contributed by atoms with van der Waals surface area (Å²) < 4.78 is 24.3. The van der Waals surface area contributed by atoms with E-state index in [-0.39, 0.29) is 25.2 Å². The van der Waals surface area contributed by atoms with Gasteiger partial charge in [0.25, 0.3) is 0 Å². The first-order valence-electron chi connectivity index (χ1n) is 6.29. The second-order valence-corrected chi connectivity index (χ2v) is 4.54. The molecule has 2 heterocycles. The summed E-state index contributed by atoms with van der Waals surface area (Å²) >= 11 is 0. The molecule has 0 aliphatic carbocycles. The van der Waals surface area contributed by atoms with Crippen LogP contribution in [0.2, 0.25) is 0 Å². The van der Waals surface area contributed by atoms with Gasteiger partial charge in [0.05, 0.1) is 6.04 Å². The van der Waals surface area contributed by atoms with Crippen LogP contribution in [0.15, 0.2) is 18.2 Å². The molecule has 0 unspecified atom stereocenters. The van der Waals surface area contributed by atoms with Gasteiger partial charge in [0.2, 0.25) is 6.79 Å². The van der Waals surface area contributed by atoms with Gasteiger partial charge in [0, 0.05) is 31.7 Å². The molecular weight excluding hydrogens is 271 g/mol. The highest BCUT2D eigenvalue weighted by Crippen LogP contribution is 2.40. The zero-order chi connectivity index (χ0) is 12.4. The average Bonchev–Trinajstić information content (AvgIpc) is 2.90. The van der Waals surface area contributed by atoms with Crippen molar-refractivity contribution in [2.24, 2.45) is 0 Å². The molecular formula is C13H18ClFN2O2. The summed E-state index contributed by atoms with van der Waals surface area (Å²) in [6.07, 6.45) is 0. The summed E-state index contributed by atoms with van der Waals surface area (Å²) in [4.78, 5) is 2.16. The molecule has 4 nitrogen and oxygen atoms in total. The molecule has 6 heteroatoms. The number of rotatable bonds is 3. The number of hydrogen-bond donors (Lipinski definition) is 1. The van der Waals surface area contributed by atoms with Crippen molar-refractivity contribution in [3.63, 3.8) is 0 Å². The van der Waals surface area contributed by atoms with E-state index in [0.29, 0.717) is 5.75 Å². The van der Waals surface area contributed by atoms with Gasteiger partial charge in [-0.2, -0.15) is 0 Å². The van der Waals surface area contributed by atoms with E-state index in [1.165, 1.54) is 0 Å². The fraction of sp³-hybridized carbons (Fsp3) is 0.538. The van der Waals surface area contributed by atoms with Crippen molar-refractivity contribution in [3.8, 4) is 11.5 Å². The van der Waals surface area contributed by atoms with Crippen LogP contribution in [0, 0.1) is 0 Å². The van der Waals surface area contributed by atoms with Crippen LogP contribution in [-0.2, 0) is 0 Å². The molecule has 1 N–H and O–H groups in total. The van der Waals surface area contributed by atoms with Crippen LogP contribution in [0.1, 0.15) is 11.6 Å². The van der Waals surface area contributed by atoms with Crippen LogP contribution in [0.25, 0.3) is 0 Å². The molecule has 3 rings (SSSR count). The highest BCUT2D eigenvalue weighted by molar-refractivity contribution is 5.85. The van der Waals surface area contributed by atoms with Crippen molar-refractivity contribution in [1.29, 1.82) is 0 Å². The summed E-state index contributed by atoms with van der Waals surface area (Å²) in [5.41, 5.74) is 0.898. The Kier molecular flexibility index (Phi) is 4.85. The summed E-state index contributed by atoms with van der Waals surface area (Å²) in [6.45, 7) is 3.36. The fourth-order valence-corrected chi connectivity index (χ4v) is 2.59. The first-order chi connectivity index (χ1) is 8.90. The summed E-state index contributed by atoms with van der Waals surface area (Å²) in [5.74, 6) is 1.43. The fourth-order valence-electron chi connectivity index (χ4n) is 2.59. The number of nitrogens with zero attached hydrogens (tertiary/aromatic N) is 1. The highest BCUT2D eigenvalue weighted by atomic mass is 35.5. The van der Waals surface area contributed by atoms with Gasteiger partial charge in [-0.15, -0.1) is 12.4 Å². The number of fused-ring (bicyclic) bond motifs is 1. The van der Waals surface area contributed by atoms with Crippen molar-refractivity contribution in [1.82, 2.24) is 10.2 Å². The number of hydrogen-bond acceptors (Lipinski definition) is 4. The van der Waals surface area contributed by atoms with Gasteiger partial charge in [-0.3, -0.25) is 4.90 Å². The third-order valence-electron chi connectivity index (χ3n) is 3.52. The zero-order valence-electron chi connectivity index (χ0n) is 10.6. The number of alkyl halides is 1. The Morgan fingerprint density at radius 2 is 2.05 bits per heavy atom. The molecule has 1 saturated heterocycles. The van der Waals surface area contributed by atoms with E-state index >= 15 is 0 Å². The molecule has 106 valence electrons. The normalized spacial score (nSPS) is 19.8. The highest BCUT2D eigenvalue weighted by Gasteiger charge is 2.28. The summed E-state index contributed by atoms with van der Waals surface area (Å²) in [5, 5.41) is 3.28. The van der Waals surface area contributed by atoms with Crippen molar-refractivity contribution >= 4 is 12.4 Å². The number of nitrogens with one attached hydrogen (secondary N) is 1. The lowest BCUT2D eigenvalue weighted by atomic mass is 10.0. The van der Waals surface area contributed by atoms with Gasteiger partial charge in [-0.1, -0.05) is 12.1 Å². The van der Waals surface area contributed by atoms with Crippen LogP contribution >= 0.6 is 12.4 Å². The van der Waals surface area contributed by atoms with E-state index < -0.39 is 6.67 Å². The maximum atomic E-state index is 13.4. The predicted octanol–water partition coefficient (Wildman–Crippen LogP) is 1.75. The van der Waals surface area contributed by atoms with Gasteiger partial charge >= 0.3 is 0 Å². The molecule has 1 aromatic carbocycles. The van der Waals surface area contributed by atoms with Gasteiger partial charge in [-0.25, -0.2) is 4.39 Å². The standard InChI is InChI=1S/C13H17FN2O2.ClH/c14-8-11(16-6-4-15-5-7-16)10-2-1-3-12-13(10)18-9-17-12;/h1-3,11,15H,4-9H2;1H/t11-;/m0./s1. The Labute approximate surface area is 118 Å². The maximum Gasteiger partial charge on any atom is 0.231 e. The molecule has 0 saturated carbocycles. The summed E-state index contributed by atoms with van der Waals surface area (Å²) in [6, 6.07) is 5.45. The lowest BCUT2D eigenvalue weighted by Crippen LogP contribution is -2.45. The zero-order valence-corrected chi connectivity index (χ0v) is 11.4. The molecule has 0 spiro atoms. The van der Waals surface area contributed by atoms with E-state index in [4.69, 9.17) is 9.47 Å². The third kappa shape index (κ3) is 2.78. The third-order valence-corrected chi connectivity index (χ3v) is 3.52. The van der Waals surface area contributed by atoms with Crippen LogP contribution in [-0.4, -0.2) is 44.5 Å². The van der Waals surface area contributed by atoms with E-state index in [1.807, 2.05) is 18.2 Å². The predicted molar refractivity (Wildman–Crippen MR) is 73.0 cm³/mol. The lowest BCUT2D eigenvalue weighted by Gasteiger charge is -2.33. The minimum Gasteiger partial charge on any atom is -0.454 e. The Morgan fingerprint density at radius 3 is 2.79 bits per heavy atom. The number of benzene rings is 1. The van der Waals surface area contributed by atoms with Gasteiger partial charge in [0.15, 0.2) is 11.5 Å². The van der Waals surface area contributed by atoms with Crippen LogP contribution in [0.5, 0.6) is 11.5 Å². The Hall–Kier alpha value is -1.04. The molecule has 2 aliphatic heterocycles. The molecule has 1 aromatic rings. The van der Waals surface area contributed by atoms with Crippen molar-refractivity contribution in [2.45, 2.75) is 6.04 Å². The van der Waals surface area contributed by atoms with E-state index in [2.05, 4.69) is 10.2 Å². The Balaban J connectivity index is 0.00000133. The average molecular weight is 289 g/mol. The van der Waals surface area contributed by atoms with E-state index in [0.717, 1.165) is 37.5 Å². The Bertz CT molecular complexity index is 427. The smallest absolute Gasteiger partial charge is 0.231 e. The number of piperazine rings is 1. The van der Waals surface area contributed by atoms with Crippen LogP contribution in [0.4, 0.5) is 4.39 Å². The van der Waals surface area contributed by atoms with Gasteiger partial charge in [-0.05, 0) is 6.07 Å². The molecule has 0 aromatic heterocycles. The Morgan fingerprint density at radius 1 is 1.26 bits per heavy atom. The van der Waals surface area contributed by atoms with E-state index in [9.17, 15) is 4.39 Å². The molecule has 1 atom stereocenters. The number of para-hydroxylation sites is 1. The lowest BCUT2D eigenvalue weighted by molar-refractivity contribution is 0.140. The monoisotopic (exact) mass is 288 g/mol. The second-order valence-electron chi connectivity index (χ2n) is 4.54. The van der Waals surface area contributed by atoms with Crippen molar-refractivity contribution in [2.75, 3.05) is 39.6 Å². The van der Waals surface area contributed by atoms with E-state index in [1.54, 1.807) is 0 Å². The first-order valence-corrected chi connectivity index (χ1v) is 6.29. The largest absolute Gasteiger partial charge is 0.454 e. The first kappa shape index (κ1) is 14.4. The van der Waals surface area contributed by atoms with Crippen molar-refractivity contribution in [3.05, 3.63) is 23.8 Å². The number of ether oxygens (including phenoxy) is 2. The maximum absolute atomic E-state index is 13.4. The minimum absolute atomic E-state index is 0. The molecule has 19 heavy (non-hydrogen) atoms. The molecule has 0 bridgehead atoms. The van der Waals surface area contributed by atoms with Crippen LogP contribution < -0.4 is 14.8 Å². The van der Waals surface area contributed by atoms with Crippen molar-refractivity contribution < 1.29 is 13.9 Å². The molecule has 2 aliphatic rings. The summed E-state index contributed by atoms with van der Waals surface area (Å²) in [7, 11) is 0. The van der Waals surface area contributed by atoms with Crippen LogP contribution in [0.3, 0.4) is 0 Å². The van der Waals surface area contributed by atoms with Gasteiger partial charge in [0.1, 0.15) is 6.67 Å². The second kappa shape index (κ2) is 6.41. The SMILES string of the molecule is Cl.FC[C@@H](c1cccc2c1OCO2)N1CCNCC1. The minimum atomic E-state index is -0.403.